The lowest BCUT2D eigenvalue weighted by Gasteiger charge is -2.31. The van der Waals surface area contributed by atoms with Crippen LogP contribution in [-0.4, -0.2) is 41.0 Å². The number of H-pyrrole nitrogens is 1. The zero-order chi connectivity index (χ0) is 12.4. The van der Waals surface area contributed by atoms with Gasteiger partial charge in [-0.3, -0.25) is 4.90 Å². The molecule has 0 aromatic carbocycles. The van der Waals surface area contributed by atoms with Gasteiger partial charge < -0.3 is 10.3 Å². The molecule has 18 heavy (non-hydrogen) atoms. The van der Waals surface area contributed by atoms with Gasteiger partial charge in [0.2, 0.25) is 0 Å². The Morgan fingerprint density at radius 2 is 2.22 bits per heavy atom. The highest BCUT2D eigenvalue weighted by molar-refractivity contribution is 7.13. The maximum absolute atomic E-state index is 4.54. The molecule has 0 amide bonds. The number of aromatic nitrogens is 2. The molecule has 1 saturated heterocycles. The molecule has 0 bridgehead atoms. The third-order valence-corrected chi connectivity index (χ3v) is 4.38. The second-order valence-electron chi connectivity index (χ2n) is 4.62. The Kier molecular flexibility index (Phi) is 3.45. The third-order valence-electron chi connectivity index (χ3n) is 3.48. The number of thiophene rings is 1. The van der Waals surface area contributed by atoms with Crippen molar-refractivity contribution in [2.24, 2.45) is 0 Å². The Hall–Kier alpha value is -1.17. The fourth-order valence-corrected chi connectivity index (χ4v) is 3.04. The van der Waals surface area contributed by atoms with Gasteiger partial charge in [-0.05, 0) is 18.4 Å². The number of hydrogen-bond donors (Lipinski definition) is 2. The van der Waals surface area contributed by atoms with Gasteiger partial charge in [0.05, 0.1) is 22.8 Å². The van der Waals surface area contributed by atoms with Crippen LogP contribution in [0.2, 0.25) is 0 Å². The lowest BCUT2D eigenvalue weighted by atomic mass is 10.2. The first-order valence-corrected chi connectivity index (χ1v) is 7.26. The van der Waals surface area contributed by atoms with E-state index < -0.39 is 0 Å². The molecule has 5 heteroatoms. The Bertz CT molecular complexity index is 485. The summed E-state index contributed by atoms with van der Waals surface area (Å²) in [6.45, 7) is 6.56. The predicted octanol–water partition coefficient (Wildman–Crippen LogP) is 2.10. The molecular weight excluding hydrogens is 244 g/mol. The maximum atomic E-state index is 4.54. The van der Waals surface area contributed by atoms with Crippen LogP contribution in [0.25, 0.3) is 10.6 Å². The van der Waals surface area contributed by atoms with Crippen LogP contribution in [-0.2, 0) is 0 Å². The van der Waals surface area contributed by atoms with E-state index >= 15 is 0 Å². The van der Waals surface area contributed by atoms with E-state index in [2.05, 4.69) is 44.6 Å². The highest BCUT2D eigenvalue weighted by Crippen LogP contribution is 2.25. The third kappa shape index (κ3) is 2.34. The fraction of sp³-hybridized carbons (Fsp3) is 0.462. The van der Waals surface area contributed by atoms with Crippen molar-refractivity contribution < 1.29 is 0 Å². The van der Waals surface area contributed by atoms with Gasteiger partial charge in [0.1, 0.15) is 5.82 Å². The normalized spacial score (nSPS) is 18.9. The summed E-state index contributed by atoms with van der Waals surface area (Å²) in [5.74, 6) is 1.07. The van der Waals surface area contributed by atoms with Gasteiger partial charge in [-0.15, -0.1) is 11.3 Å². The average Bonchev–Trinajstić information content (AvgIpc) is 3.09. The second kappa shape index (κ2) is 5.22. The highest BCUT2D eigenvalue weighted by Gasteiger charge is 2.20. The largest absolute Gasteiger partial charge is 0.340 e. The summed E-state index contributed by atoms with van der Waals surface area (Å²) < 4.78 is 0. The maximum Gasteiger partial charge on any atom is 0.123 e. The van der Waals surface area contributed by atoms with Gasteiger partial charge in [-0.25, -0.2) is 4.98 Å². The van der Waals surface area contributed by atoms with Gasteiger partial charge in [0, 0.05) is 26.2 Å². The Balaban J connectivity index is 1.76. The first-order valence-electron chi connectivity index (χ1n) is 6.38. The van der Waals surface area contributed by atoms with Gasteiger partial charge in [-0.2, -0.15) is 0 Å². The fourth-order valence-electron chi connectivity index (χ4n) is 2.35. The lowest BCUT2D eigenvalue weighted by molar-refractivity contribution is 0.180. The van der Waals surface area contributed by atoms with E-state index in [-0.39, 0.29) is 0 Å². The van der Waals surface area contributed by atoms with Gasteiger partial charge >= 0.3 is 0 Å². The first-order chi connectivity index (χ1) is 8.84. The zero-order valence-electron chi connectivity index (χ0n) is 10.5. The number of imidazole rings is 1. The molecule has 4 nitrogen and oxygen atoms in total. The predicted molar refractivity (Wildman–Crippen MR) is 74.8 cm³/mol. The minimum absolute atomic E-state index is 0.362. The zero-order valence-corrected chi connectivity index (χ0v) is 11.3. The van der Waals surface area contributed by atoms with E-state index in [4.69, 9.17) is 0 Å². The van der Waals surface area contributed by atoms with Crippen molar-refractivity contribution >= 4 is 11.3 Å². The van der Waals surface area contributed by atoms with Gasteiger partial charge in [0.15, 0.2) is 0 Å². The standard InChI is InChI=1S/C13H18N4S/c1-10(17-6-4-14-5-7-17)13-15-9-11(16-13)12-3-2-8-18-12/h2-3,8-10,14H,4-7H2,1H3,(H,15,16). The molecule has 2 aromatic rings. The van der Waals surface area contributed by atoms with E-state index in [1.165, 1.54) is 4.88 Å². The average molecular weight is 262 g/mol. The molecule has 1 fully saturated rings. The number of nitrogens with zero attached hydrogens (tertiary/aromatic N) is 2. The van der Waals surface area contributed by atoms with Crippen molar-refractivity contribution in [1.29, 1.82) is 0 Å². The summed E-state index contributed by atoms with van der Waals surface area (Å²) >= 11 is 1.74. The molecule has 0 saturated carbocycles. The minimum Gasteiger partial charge on any atom is -0.340 e. The van der Waals surface area contributed by atoms with E-state index in [0.29, 0.717) is 6.04 Å². The smallest absolute Gasteiger partial charge is 0.123 e. The van der Waals surface area contributed by atoms with Crippen LogP contribution < -0.4 is 5.32 Å². The number of rotatable bonds is 3. The van der Waals surface area contributed by atoms with Crippen molar-refractivity contribution in [3.05, 3.63) is 29.5 Å². The van der Waals surface area contributed by atoms with E-state index in [1.54, 1.807) is 11.3 Å². The van der Waals surface area contributed by atoms with Crippen molar-refractivity contribution in [1.82, 2.24) is 20.2 Å². The topological polar surface area (TPSA) is 44.0 Å². The number of piperazine rings is 1. The van der Waals surface area contributed by atoms with Crippen molar-refractivity contribution in [2.75, 3.05) is 26.2 Å². The van der Waals surface area contributed by atoms with Crippen LogP contribution in [0.4, 0.5) is 0 Å². The first kappa shape index (κ1) is 11.9. The highest BCUT2D eigenvalue weighted by atomic mass is 32.1. The Labute approximate surface area is 111 Å². The van der Waals surface area contributed by atoms with Crippen LogP contribution in [0.1, 0.15) is 18.8 Å². The van der Waals surface area contributed by atoms with E-state index in [1.807, 2.05) is 6.20 Å². The van der Waals surface area contributed by atoms with Gasteiger partial charge in [0.25, 0.3) is 0 Å². The molecule has 1 atom stereocenters. The molecule has 96 valence electrons. The van der Waals surface area contributed by atoms with Crippen LogP contribution in [0.3, 0.4) is 0 Å². The molecule has 1 aliphatic rings. The number of aromatic amines is 1. The lowest BCUT2D eigenvalue weighted by Crippen LogP contribution is -2.44. The van der Waals surface area contributed by atoms with E-state index in [0.717, 1.165) is 37.7 Å². The summed E-state index contributed by atoms with van der Waals surface area (Å²) in [7, 11) is 0. The van der Waals surface area contributed by atoms with Crippen LogP contribution in [0.5, 0.6) is 0 Å². The summed E-state index contributed by atoms with van der Waals surface area (Å²) in [5.41, 5.74) is 1.13. The molecule has 0 aliphatic carbocycles. The minimum atomic E-state index is 0.362. The number of hydrogen-bond acceptors (Lipinski definition) is 4. The molecular formula is C13H18N4S. The van der Waals surface area contributed by atoms with Gasteiger partial charge in [-0.1, -0.05) is 6.07 Å². The molecule has 3 rings (SSSR count). The molecule has 2 aromatic heterocycles. The molecule has 3 heterocycles. The summed E-state index contributed by atoms with van der Waals surface area (Å²) in [4.78, 5) is 11.7. The van der Waals surface area contributed by atoms with Crippen molar-refractivity contribution in [3.63, 3.8) is 0 Å². The Morgan fingerprint density at radius 3 is 2.94 bits per heavy atom. The Morgan fingerprint density at radius 1 is 1.39 bits per heavy atom. The van der Waals surface area contributed by atoms with Crippen LogP contribution in [0.15, 0.2) is 23.7 Å². The number of nitrogens with one attached hydrogen (secondary N) is 2. The summed E-state index contributed by atoms with van der Waals surface area (Å²) in [6, 6.07) is 4.55. The van der Waals surface area contributed by atoms with Crippen LogP contribution in [0, 0.1) is 0 Å². The molecule has 0 spiro atoms. The molecule has 1 aliphatic heterocycles. The molecule has 0 radical (unpaired) electrons. The van der Waals surface area contributed by atoms with Crippen LogP contribution >= 0.6 is 11.3 Å². The molecule has 1 unspecified atom stereocenters. The van der Waals surface area contributed by atoms with E-state index in [9.17, 15) is 0 Å². The molecule has 2 N–H and O–H groups in total. The summed E-state index contributed by atoms with van der Waals surface area (Å²) in [5, 5.41) is 5.47. The second-order valence-corrected chi connectivity index (χ2v) is 5.57. The summed E-state index contributed by atoms with van der Waals surface area (Å²) in [6.07, 6.45) is 1.94. The monoisotopic (exact) mass is 262 g/mol. The quantitative estimate of drug-likeness (QED) is 0.890. The van der Waals surface area contributed by atoms with Crippen molar-refractivity contribution in [2.45, 2.75) is 13.0 Å². The SMILES string of the molecule is CC(c1ncc(-c2cccs2)[nH]1)N1CCNCC1. The van der Waals surface area contributed by atoms with Crippen molar-refractivity contribution in [3.8, 4) is 10.6 Å².